The first kappa shape index (κ1) is 27.4. The van der Waals surface area contributed by atoms with Crippen molar-refractivity contribution in [2.45, 2.75) is 13.0 Å². The number of nitrogens with two attached hydrogens (primary N) is 2. The number of fused-ring (bicyclic) bond motifs is 1. The number of anilines is 3. The number of nitrogen functional groups attached to an aromatic ring is 1. The Labute approximate surface area is 240 Å². The van der Waals surface area contributed by atoms with Gasteiger partial charge in [0.1, 0.15) is 0 Å². The molecule has 10 heteroatoms. The summed E-state index contributed by atoms with van der Waals surface area (Å²) in [6, 6.07) is 25.5. The van der Waals surface area contributed by atoms with E-state index in [1.165, 1.54) is 11.3 Å². The highest BCUT2D eigenvalue weighted by Crippen LogP contribution is 2.27. The maximum atomic E-state index is 13.2. The summed E-state index contributed by atoms with van der Waals surface area (Å²) in [4.78, 5) is 45.3. The number of rotatable bonds is 9. The molecule has 3 amide bonds. The van der Waals surface area contributed by atoms with Gasteiger partial charge in [-0.25, -0.2) is 4.98 Å². The van der Waals surface area contributed by atoms with Crippen molar-refractivity contribution in [2.75, 3.05) is 23.0 Å². The van der Waals surface area contributed by atoms with E-state index < -0.39 is 5.91 Å². The normalized spacial score (nSPS) is 11.1. The number of para-hydroxylation sites is 1. The molecular formula is C31H28N6O3S. The summed E-state index contributed by atoms with van der Waals surface area (Å²) in [6.07, 6.45) is 3.88. The Morgan fingerprint density at radius 1 is 0.976 bits per heavy atom. The number of nitrogens with one attached hydrogen (secondary N) is 1. The van der Waals surface area contributed by atoms with Crippen molar-refractivity contribution < 1.29 is 14.4 Å². The summed E-state index contributed by atoms with van der Waals surface area (Å²) in [5.41, 5.74) is 15.4. The molecule has 0 atom stereocenters. The highest BCUT2D eigenvalue weighted by Gasteiger charge is 2.19. The number of carbonyl (C=O) groups excluding carboxylic acids is 3. The van der Waals surface area contributed by atoms with E-state index in [4.69, 9.17) is 11.5 Å². The van der Waals surface area contributed by atoms with E-state index in [2.05, 4.69) is 10.3 Å². The van der Waals surface area contributed by atoms with Crippen molar-refractivity contribution in [2.24, 2.45) is 5.73 Å². The molecule has 2 aromatic heterocycles. The quantitative estimate of drug-likeness (QED) is 0.210. The molecule has 0 aliphatic rings. The van der Waals surface area contributed by atoms with Gasteiger partial charge in [-0.1, -0.05) is 42.5 Å². The average Bonchev–Trinajstić information content (AvgIpc) is 3.59. The lowest BCUT2D eigenvalue weighted by molar-refractivity contribution is -0.118. The van der Waals surface area contributed by atoms with Gasteiger partial charge in [0.25, 0.3) is 11.8 Å². The predicted molar refractivity (Wildman–Crippen MR) is 165 cm³/mol. The van der Waals surface area contributed by atoms with E-state index in [9.17, 15) is 14.4 Å². The smallest absolute Gasteiger partial charge is 0.268 e. The number of benzene rings is 3. The maximum absolute atomic E-state index is 13.2. The summed E-state index contributed by atoms with van der Waals surface area (Å²) in [6.45, 7) is 0.233. The van der Waals surface area contributed by atoms with Crippen molar-refractivity contribution in [3.63, 3.8) is 0 Å². The number of carbonyl (C=O) groups is 3. The lowest BCUT2D eigenvalue weighted by atomic mass is 10.1. The summed E-state index contributed by atoms with van der Waals surface area (Å²) in [5, 5.41) is 2.88. The van der Waals surface area contributed by atoms with Crippen LogP contribution < -0.4 is 21.7 Å². The lowest BCUT2D eigenvalue weighted by Crippen LogP contribution is -2.26. The van der Waals surface area contributed by atoms with Crippen LogP contribution >= 0.6 is 11.3 Å². The number of nitrogens with zero attached hydrogens (tertiary/aromatic N) is 3. The van der Waals surface area contributed by atoms with Crippen LogP contribution in [0.5, 0.6) is 0 Å². The lowest BCUT2D eigenvalue weighted by Gasteiger charge is -2.17. The van der Waals surface area contributed by atoms with E-state index in [0.29, 0.717) is 32.8 Å². The average molecular weight is 565 g/mol. The number of hydrogen-bond acceptors (Lipinski definition) is 6. The second-order valence-corrected chi connectivity index (χ2v) is 10.4. The zero-order valence-electron chi connectivity index (χ0n) is 22.3. The third-order valence-electron chi connectivity index (χ3n) is 6.53. The van der Waals surface area contributed by atoms with E-state index in [1.54, 1.807) is 46.8 Å². The van der Waals surface area contributed by atoms with Gasteiger partial charge in [-0.15, -0.1) is 11.3 Å². The first-order valence-corrected chi connectivity index (χ1v) is 13.7. The van der Waals surface area contributed by atoms with Crippen LogP contribution in [0.2, 0.25) is 0 Å². The van der Waals surface area contributed by atoms with E-state index in [1.807, 2.05) is 66.7 Å². The number of imidazole rings is 1. The third kappa shape index (κ3) is 6.18. The zero-order chi connectivity index (χ0) is 28.9. The number of thiophene rings is 1. The van der Waals surface area contributed by atoms with Gasteiger partial charge in [-0.05, 0) is 60.2 Å². The van der Waals surface area contributed by atoms with Crippen LogP contribution in [0.4, 0.5) is 17.3 Å². The van der Waals surface area contributed by atoms with Crippen LogP contribution in [0.3, 0.4) is 0 Å². The second-order valence-electron chi connectivity index (χ2n) is 9.32. The highest BCUT2D eigenvalue weighted by molar-refractivity contribution is 7.15. The minimum absolute atomic E-state index is 0.0685. The highest BCUT2D eigenvalue weighted by atomic mass is 32.1. The third-order valence-corrected chi connectivity index (χ3v) is 7.57. The maximum Gasteiger partial charge on any atom is 0.268 e. The van der Waals surface area contributed by atoms with Crippen LogP contribution in [-0.4, -0.2) is 34.3 Å². The molecule has 0 fully saturated rings. The van der Waals surface area contributed by atoms with E-state index in [0.717, 1.165) is 10.4 Å². The Kier molecular flexibility index (Phi) is 7.93. The second kappa shape index (κ2) is 11.9. The van der Waals surface area contributed by atoms with Crippen molar-refractivity contribution >= 4 is 69.6 Å². The van der Waals surface area contributed by atoms with Gasteiger partial charge in [0.2, 0.25) is 11.9 Å². The molecule has 0 aliphatic carbocycles. The van der Waals surface area contributed by atoms with Crippen LogP contribution in [-0.2, 0) is 11.3 Å². The zero-order valence-corrected chi connectivity index (χ0v) is 23.1. The van der Waals surface area contributed by atoms with Gasteiger partial charge < -0.3 is 20.9 Å². The Morgan fingerprint density at radius 2 is 1.73 bits per heavy atom. The van der Waals surface area contributed by atoms with Crippen LogP contribution in [0.1, 0.15) is 36.9 Å². The standard InChI is InChI=1S/C31H28N6O3S/c1-36(30(40)21-8-3-2-4-9-21)22-12-15-26-25(19-22)34-31(37(26)18-17-28(33)38)35-29(39)27-16-14-23(41-27)13-11-20-7-5-6-10-24(20)32/h2-16,19H,17-18,32H2,1H3,(H2,33,38)(H,34,35,39)/b13-11+. The largest absolute Gasteiger partial charge is 0.398 e. The first-order chi connectivity index (χ1) is 19.8. The molecule has 9 nitrogen and oxygen atoms in total. The summed E-state index contributed by atoms with van der Waals surface area (Å²) in [5.74, 6) is -0.684. The Balaban J connectivity index is 1.40. The molecule has 5 rings (SSSR count). The first-order valence-electron chi connectivity index (χ1n) is 12.9. The predicted octanol–water partition coefficient (Wildman–Crippen LogP) is 5.25. The molecule has 0 radical (unpaired) electrons. The van der Waals surface area contributed by atoms with Gasteiger partial charge in [0, 0.05) is 41.8 Å². The molecule has 2 heterocycles. The van der Waals surface area contributed by atoms with Crippen LogP contribution in [0.25, 0.3) is 23.2 Å². The molecule has 41 heavy (non-hydrogen) atoms. The molecule has 0 aliphatic heterocycles. The van der Waals surface area contributed by atoms with Gasteiger partial charge in [-0.2, -0.15) is 0 Å². The minimum atomic E-state index is -0.470. The van der Waals surface area contributed by atoms with Crippen molar-refractivity contribution in [1.82, 2.24) is 9.55 Å². The van der Waals surface area contributed by atoms with Crippen molar-refractivity contribution in [3.8, 4) is 0 Å². The number of aryl methyl sites for hydroxylation is 1. The molecule has 0 saturated carbocycles. The number of amides is 3. The summed E-state index contributed by atoms with van der Waals surface area (Å²) >= 11 is 1.33. The Bertz CT molecular complexity index is 1770. The number of primary amides is 1. The van der Waals surface area contributed by atoms with Crippen LogP contribution in [0.15, 0.2) is 84.9 Å². The van der Waals surface area contributed by atoms with Gasteiger partial charge in [0.15, 0.2) is 0 Å². The fraction of sp³-hybridized carbons (Fsp3) is 0.0968. The van der Waals surface area contributed by atoms with Gasteiger partial charge in [0.05, 0.1) is 15.9 Å². The molecule has 0 unspecified atom stereocenters. The molecule has 0 saturated heterocycles. The van der Waals surface area contributed by atoms with E-state index >= 15 is 0 Å². The number of hydrogen-bond donors (Lipinski definition) is 3. The SMILES string of the molecule is CN(C(=O)c1ccccc1)c1ccc2c(c1)nc(NC(=O)c1ccc(/C=C/c3ccccc3N)s1)n2CCC(N)=O. The summed E-state index contributed by atoms with van der Waals surface area (Å²) < 4.78 is 1.74. The molecule has 5 N–H and O–H groups in total. The van der Waals surface area contributed by atoms with E-state index in [-0.39, 0.29) is 30.7 Å². The Hall–Kier alpha value is -5.22. The fourth-order valence-electron chi connectivity index (χ4n) is 4.32. The van der Waals surface area contributed by atoms with Crippen LogP contribution in [0, 0.1) is 0 Å². The molecule has 206 valence electrons. The monoisotopic (exact) mass is 564 g/mol. The Morgan fingerprint density at radius 3 is 2.49 bits per heavy atom. The molecular weight excluding hydrogens is 536 g/mol. The van der Waals surface area contributed by atoms with Crippen molar-refractivity contribution in [1.29, 1.82) is 0 Å². The molecule has 0 bridgehead atoms. The molecule has 3 aromatic carbocycles. The molecule has 5 aromatic rings. The minimum Gasteiger partial charge on any atom is -0.398 e. The van der Waals surface area contributed by atoms with Gasteiger partial charge >= 0.3 is 0 Å². The summed E-state index contributed by atoms with van der Waals surface area (Å²) in [7, 11) is 1.69. The van der Waals surface area contributed by atoms with Crippen molar-refractivity contribution in [3.05, 3.63) is 106 Å². The topological polar surface area (TPSA) is 136 Å². The fourth-order valence-corrected chi connectivity index (χ4v) is 5.13. The van der Waals surface area contributed by atoms with Gasteiger partial charge in [-0.3, -0.25) is 19.7 Å². The number of aromatic nitrogens is 2. The molecule has 0 spiro atoms.